The van der Waals surface area contributed by atoms with Crippen molar-refractivity contribution < 1.29 is 4.79 Å². The number of nitrogens with one attached hydrogen (secondary N) is 1. The SMILES string of the molecule is O=C(Nc1cccc(-n2cnnc2)c1)c1ccc2ccccc2n1. The third kappa shape index (κ3) is 2.72. The number of pyridine rings is 1. The molecule has 6 nitrogen and oxygen atoms in total. The monoisotopic (exact) mass is 315 g/mol. The third-order valence-corrected chi connectivity index (χ3v) is 3.65. The molecule has 4 aromatic rings. The molecule has 2 heterocycles. The van der Waals surface area contributed by atoms with Gasteiger partial charge in [-0.3, -0.25) is 9.36 Å². The number of aromatic nitrogens is 4. The highest BCUT2D eigenvalue weighted by atomic mass is 16.1. The molecule has 2 aromatic carbocycles. The van der Waals surface area contributed by atoms with Crippen molar-refractivity contribution in [3.8, 4) is 5.69 Å². The van der Waals surface area contributed by atoms with Crippen LogP contribution in [0.1, 0.15) is 10.5 Å². The number of nitrogens with zero attached hydrogens (tertiary/aromatic N) is 4. The van der Waals surface area contributed by atoms with E-state index in [4.69, 9.17) is 0 Å². The van der Waals surface area contributed by atoms with Gasteiger partial charge in [-0.05, 0) is 30.3 Å². The van der Waals surface area contributed by atoms with Gasteiger partial charge < -0.3 is 5.32 Å². The minimum atomic E-state index is -0.248. The largest absolute Gasteiger partial charge is 0.321 e. The Balaban J connectivity index is 1.60. The van der Waals surface area contributed by atoms with Crippen LogP contribution < -0.4 is 5.32 Å². The molecule has 0 fully saturated rings. The molecule has 6 heteroatoms. The van der Waals surface area contributed by atoms with E-state index in [-0.39, 0.29) is 5.91 Å². The molecule has 1 amide bonds. The molecular formula is C18H13N5O. The van der Waals surface area contributed by atoms with Crippen LogP contribution in [0, 0.1) is 0 Å². The van der Waals surface area contributed by atoms with Gasteiger partial charge in [0.1, 0.15) is 18.3 Å². The van der Waals surface area contributed by atoms with Gasteiger partial charge in [-0.1, -0.05) is 30.3 Å². The summed E-state index contributed by atoms with van der Waals surface area (Å²) in [6.45, 7) is 0. The van der Waals surface area contributed by atoms with Crippen molar-refractivity contribution in [1.82, 2.24) is 19.7 Å². The minimum Gasteiger partial charge on any atom is -0.321 e. The van der Waals surface area contributed by atoms with Gasteiger partial charge in [0.15, 0.2) is 0 Å². The third-order valence-electron chi connectivity index (χ3n) is 3.65. The Kier molecular flexibility index (Phi) is 3.47. The second kappa shape index (κ2) is 5.92. The van der Waals surface area contributed by atoms with Crippen molar-refractivity contribution in [2.45, 2.75) is 0 Å². The van der Waals surface area contributed by atoms with Crippen LogP contribution in [-0.2, 0) is 0 Å². The molecule has 4 rings (SSSR count). The van der Waals surface area contributed by atoms with Gasteiger partial charge in [-0.15, -0.1) is 10.2 Å². The van der Waals surface area contributed by atoms with Gasteiger partial charge in [0.05, 0.1) is 11.2 Å². The van der Waals surface area contributed by atoms with Crippen LogP contribution in [0.5, 0.6) is 0 Å². The van der Waals surface area contributed by atoms with E-state index in [0.717, 1.165) is 16.6 Å². The van der Waals surface area contributed by atoms with Crippen LogP contribution in [0.25, 0.3) is 16.6 Å². The summed E-state index contributed by atoms with van der Waals surface area (Å²) < 4.78 is 1.77. The fraction of sp³-hybridized carbons (Fsp3) is 0. The zero-order chi connectivity index (χ0) is 16.4. The summed E-state index contributed by atoms with van der Waals surface area (Å²) in [6.07, 6.45) is 3.21. The van der Waals surface area contributed by atoms with Crippen molar-refractivity contribution in [2.24, 2.45) is 0 Å². The summed E-state index contributed by atoms with van der Waals surface area (Å²) in [6, 6.07) is 18.8. The van der Waals surface area contributed by atoms with E-state index >= 15 is 0 Å². The van der Waals surface area contributed by atoms with E-state index in [1.54, 1.807) is 23.3 Å². The average molecular weight is 315 g/mol. The Bertz CT molecular complexity index is 1010. The number of fused-ring (bicyclic) bond motifs is 1. The number of rotatable bonds is 3. The molecule has 0 saturated heterocycles. The lowest BCUT2D eigenvalue weighted by Crippen LogP contribution is -2.13. The molecule has 0 aliphatic rings. The smallest absolute Gasteiger partial charge is 0.274 e. The van der Waals surface area contributed by atoms with E-state index in [2.05, 4.69) is 20.5 Å². The van der Waals surface area contributed by atoms with Crippen LogP contribution in [0.2, 0.25) is 0 Å². The molecule has 1 N–H and O–H groups in total. The van der Waals surface area contributed by atoms with Crippen molar-refractivity contribution in [2.75, 3.05) is 5.32 Å². The highest BCUT2D eigenvalue weighted by molar-refractivity contribution is 6.04. The molecule has 116 valence electrons. The van der Waals surface area contributed by atoms with Gasteiger partial charge in [0, 0.05) is 11.1 Å². The summed E-state index contributed by atoms with van der Waals surface area (Å²) >= 11 is 0. The maximum atomic E-state index is 12.5. The van der Waals surface area contributed by atoms with Crippen LogP contribution in [0.15, 0.2) is 73.3 Å². The maximum Gasteiger partial charge on any atom is 0.274 e. The summed E-state index contributed by atoms with van der Waals surface area (Å²) in [5, 5.41) is 11.4. The number of hydrogen-bond donors (Lipinski definition) is 1. The van der Waals surface area contributed by atoms with E-state index < -0.39 is 0 Å². The number of hydrogen-bond acceptors (Lipinski definition) is 4. The predicted octanol–water partition coefficient (Wildman–Crippen LogP) is 3.07. The fourth-order valence-corrected chi connectivity index (χ4v) is 2.47. The van der Waals surface area contributed by atoms with Crippen molar-refractivity contribution in [3.05, 3.63) is 79.0 Å². The lowest BCUT2D eigenvalue weighted by molar-refractivity contribution is 0.102. The second-order valence-corrected chi connectivity index (χ2v) is 5.26. The minimum absolute atomic E-state index is 0.248. The van der Waals surface area contributed by atoms with Crippen LogP contribution >= 0.6 is 0 Å². The van der Waals surface area contributed by atoms with Gasteiger partial charge in [0.2, 0.25) is 0 Å². The van der Waals surface area contributed by atoms with Gasteiger partial charge in [-0.25, -0.2) is 4.98 Å². The van der Waals surface area contributed by atoms with Gasteiger partial charge in [-0.2, -0.15) is 0 Å². The lowest BCUT2D eigenvalue weighted by atomic mass is 10.2. The molecule has 0 aliphatic heterocycles. The number of benzene rings is 2. The number of anilines is 1. The first-order chi connectivity index (χ1) is 11.8. The quantitative estimate of drug-likeness (QED) is 0.630. The highest BCUT2D eigenvalue weighted by Gasteiger charge is 2.09. The molecule has 2 aromatic heterocycles. The Labute approximate surface area is 137 Å². The normalized spacial score (nSPS) is 10.7. The number of carbonyl (C=O) groups is 1. The Morgan fingerprint density at radius 1 is 0.917 bits per heavy atom. The first-order valence-corrected chi connectivity index (χ1v) is 7.42. The fourth-order valence-electron chi connectivity index (χ4n) is 2.47. The molecule has 0 atom stereocenters. The molecule has 0 saturated carbocycles. The second-order valence-electron chi connectivity index (χ2n) is 5.26. The summed E-state index contributed by atoms with van der Waals surface area (Å²) in [5.41, 5.74) is 2.72. The summed E-state index contributed by atoms with van der Waals surface area (Å²) in [5.74, 6) is -0.248. The van der Waals surface area contributed by atoms with Gasteiger partial charge >= 0.3 is 0 Å². The van der Waals surface area contributed by atoms with Crippen molar-refractivity contribution >= 4 is 22.5 Å². The molecule has 0 aliphatic carbocycles. The first kappa shape index (κ1) is 14.1. The maximum absolute atomic E-state index is 12.5. The first-order valence-electron chi connectivity index (χ1n) is 7.42. The number of amides is 1. The average Bonchev–Trinajstić information content (AvgIpc) is 3.16. The Morgan fingerprint density at radius 3 is 2.62 bits per heavy atom. The molecule has 0 radical (unpaired) electrons. The zero-order valence-electron chi connectivity index (χ0n) is 12.6. The lowest BCUT2D eigenvalue weighted by Gasteiger charge is -2.08. The van der Waals surface area contributed by atoms with E-state index in [1.807, 2.05) is 54.6 Å². The summed E-state index contributed by atoms with van der Waals surface area (Å²) in [7, 11) is 0. The van der Waals surface area contributed by atoms with E-state index in [0.29, 0.717) is 11.4 Å². The molecule has 0 spiro atoms. The van der Waals surface area contributed by atoms with Crippen LogP contribution in [0.3, 0.4) is 0 Å². The van der Waals surface area contributed by atoms with Crippen LogP contribution in [-0.4, -0.2) is 25.7 Å². The van der Waals surface area contributed by atoms with Crippen LogP contribution in [0.4, 0.5) is 5.69 Å². The molecule has 24 heavy (non-hydrogen) atoms. The highest BCUT2D eigenvalue weighted by Crippen LogP contribution is 2.16. The molecule has 0 unspecified atom stereocenters. The Hall–Kier alpha value is -3.54. The van der Waals surface area contributed by atoms with E-state index in [9.17, 15) is 4.79 Å². The molecular weight excluding hydrogens is 302 g/mol. The zero-order valence-corrected chi connectivity index (χ0v) is 12.6. The molecule has 0 bridgehead atoms. The topological polar surface area (TPSA) is 72.7 Å². The summed E-state index contributed by atoms with van der Waals surface area (Å²) in [4.78, 5) is 16.9. The standard InChI is InChI=1S/C18H13N5O/c24-18(17-9-8-13-4-1-2-7-16(13)22-17)21-14-5-3-6-15(10-14)23-11-19-20-12-23/h1-12H,(H,21,24). The predicted molar refractivity (Wildman–Crippen MR) is 91.1 cm³/mol. The van der Waals surface area contributed by atoms with Gasteiger partial charge in [0.25, 0.3) is 5.91 Å². The number of carbonyl (C=O) groups excluding carboxylic acids is 1. The van der Waals surface area contributed by atoms with E-state index in [1.165, 1.54) is 0 Å². The Morgan fingerprint density at radius 2 is 1.75 bits per heavy atom. The number of para-hydroxylation sites is 1. The van der Waals surface area contributed by atoms with Crippen molar-refractivity contribution in [3.63, 3.8) is 0 Å². The van der Waals surface area contributed by atoms with Crippen molar-refractivity contribution in [1.29, 1.82) is 0 Å².